The zero-order valence-electron chi connectivity index (χ0n) is 11.5. The molecule has 100 valence electrons. The van der Waals surface area contributed by atoms with Crippen molar-refractivity contribution in [3.05, 3.63) is 41.5 Å². The van der Waals surface area contributed by atoms with E-state index in [-0.39, 0.29) is 0 Å². The average Bonchev–Trinajstić information content (AvgIpc) is 2.80. The maximum atomic E-state index is 4.71. The fraction of sp³-hybridized carbons (Fsp3) is 0.467. The van der Waals surface area contributed by atoms with Crippen LogP contribution in [0.2, 0.25) is 0 Å². The largest absolute Gasteiger partial charge is 0.250 e. The number of benzene rings is 1. The van der Waals surface area contributed by atoms with Crippen LogP contribution >= 0.6 is 11.8 Å². The van der Waals surface area contributed by atoms with Gasteiger partial charge in [0.05, 0.1) is 0 Å². The van der Waals surface area contributed by atoms with E-state index in [2.05, 4.69) is 47.2 Å². The molecule has 19 heavy (non-hydrogen) atoms. The molecule has 1 aromatic heterocycles. The molecule has 0 radical (unpaired) electrons. The number of hydrogen-bond acceptors (Lipinski definition) is 3. The second kappa shape index (κ2) is 5.37. The first-order valence-corrected chi connectivity index (χ1v) is 8.03. The fourth-order valence-electron chi connectivity index (χ4n) is 2.61. The van der Waals surface area contributed by atoms with E-state index in [1.54, 1.807) is 11.8 Å². The Morgan fingerprint density at radius 2 is 2.21 bits per heavy atom. The summed E-state index contributed by atoms with van der Waals surface area (Å²) in [6.07, 6.45) is 5.24. The molecule has 0 N–H and O–H groups in total. The van der Waals surface area contributed by atoms with Gasteiger partial charge in [-0.2, -0.15) is 5.10 Å². The van der Waals surface area contributed by atoms with Crippen molar-refractivity contribution in [2.75, 3.05) is 6.26 Å². The van der Waals surface area contributed by atoms with Gasteiger partial charge in [0.2, 0.25) is 0 Å². The maximum Gasteiger partial charge on any atom is 0.155 e. The number of fused-ring (bicyclic) bond motifs is 1. The second-order valence-electron chi connectivity index (χ2n) is 5.25. The molecular weight excluding hydrogens is 254 g/mol. The summed E-state index contributed by atoms with van der Waals surface area (Å²) in [5, 5.41) is 4.65. The van der Waals surface area contributed by atoms with Gasteiger partial charge in [0.1, 0.15) is 5.82 Å². The summed E-state index contributed by atoms with van der Waals surface area (Å²) >= 11 is 1.79. The second-order valence-corrected chi connectivity index (χ2v) is 6.10. The van der Waals surface area contributed by atoms with E-state index in [1.165, 1.54) is 16.9 Å². The minimum atomic E-state index is 0.739. The zero-order valence-corrected chi connectivity index (χ0v) is 12.3. The van der Waals surface area contributed by atoms with Crippen molar-refractivity contribution in [3.63, 3.8) is 0 Å². The molecule has 1 aliphatic heterocycles. The standard InChI is InChI=1S/C15H19N3S/c1-11-7-8-18-15(9-11)16-14(17-18)10-12-5-3-4-6-13(12)19-2/h3-6,11H,7-10H2,1-2H3. The summed E-state index contributed by atoms with van der Waals surface area (Å²) in [5.41, 5.74) is 1.32. The van der Waals surface area contributed by atoms with Gasteiger partial charge in [-0.25, -0.2) is 9.67 Å². The van der Waals surface area contributed by atoms with Gasteiger partial charge in [-0.1, -0.05) is 25.1 Å². The summed E-state index contributed by atoms with van der Waals surface area (Å²) in [7, 11) is 0. The van der Waals surface area contributed by atoms with Crippen molar-refractivity contribution in [1.82, 2.24) is 14.8 Å². The van der Waals surface area contributed by atoms with Gasteiger partial charge in [0, 0.05) is 24.3 Å². The van der Waals surface area contributed by atoms with E-state index in [0.717, 1.165) is 37.0 Å². The Labute approximate surface area is 118 Å². The van der Waals surface area contributed by atoms with Crippen LogP contribution in [0.5, 0.6) is 0 Å². The first-order chi connectivity index (χ1) is 9.26. The molecule has 1 aliphatic rings. The van der Waals surface area contributed by atoms with Crippen molar-refractivity contribution in [3.8, 4) is 0 Å². The fourth-order valence-corrected chi connectivity index (χ4v) is 3.22. The number of aromatic nitrogens is 3. The minimum absolute atomic E-state index is 0.739. The van der Waals surface area contributed by atoms with Gasteiger partial charge in [-0.05, 0) is 30.2 Å². The summed E-state index contributed by atoms with van der Waals surface area (Å²) in [6.45, 7) is 3.31. The zero-order chi connectivity index (χ0) is 13.2. The van der Waals surface area contributed by atoms with Gasteiger partial charge in [0.25, 0.3) is 0 Å². The van der Waals surface area contributed by atoms with Crippen LogP contribution in [0, 0.1) is 5.92 Å². The van der Waals surface area contributed by atoms with Crippen LogP contribution in [0.25, 0.3) is 0 Å². The Hall–Kier alpha value is -1.29. The lowest BCUT2D eigenvalue weighted by Gasteiger charge is -2.17. The molecule has 3 nitrogen and oxygen atoms in total. The summed E-state index contributed by atoms with van der Waals surface area (Å²) < 4.78 is 2.09. The van der Waals surface area contributed by atoms with Crippen LogP contribution in [-0.2, 0) is 19.4 Å². The smallest absolute Gasteiger partial charge is 0.155 e. The molecule has 0 fully saturated rings. The molecule has 0 aliphatic carbocycles. The highest BCUT2D eigenvalue weighted by Crippen LogP contribution is 2.23. The van der Waals surface area contributed by atoms with Crippen LogP contribution < -0.4 is 0 Å². The normalized spacial score (nSPS) is 18.3. The highest BCUT2D eigenvalue weighted by molar-refractivity contribution is 7.98. The van der Waals surface area contributed by atoms with Crippen LogP contribution in [0.3, 0.4) is 0 Å². The summed E-state index contributed by atoms with van der Waals surface area (Å²) in [4.78, 5) is 6.04. The molecule has 4 heteroatoms. The molecule has 0 saturated carbocycles. The first kappa shape index (κ1) is 12.7. The third-order valence-electron chi connectivity index (χ3n) is 3.70. The molecule has 0 spiro atoms. The van der Waals surface area contributed by atoms with Gasteiger partial charge >= 0.3 is 0 Å². The summed E-state index contributed by atoms with van der Waals surface area (Å²) in [5.74, 6) is 2.86. The monoisotopic (exact) mass is 273 g/mol. The molecule has 1 atom stereocenters. The molecular formula is C15H19N3S. The van der Waals surface area contributed by atoms with Crippen molar-refractivity contribution in [2.24, 2.45) is 5.92 Å². The lowest BCUT2D eigenvalue weighted by atomic mass is 10.0. The minimum Gasteiger partial charge on any atom is -0.250 e. The SMILES string of the molecule is CSc1ccccc1Cc1nc2n(n1)CCC(C)C2. The maximum absolute atomic E-state index is 4.71. The van der Waals surface area contributed by atoms with Gasteiger partial charge in [-0.3, -0.25) is 0 Å². The lowest BCUT2D eigenvalue weighted by Crippen LogP contribution is -2.18. The van der Waals surface area contributed by atoms with Crippen LogP contribution in [0.4, 0.5) is 0 Å². The van der Waals surface area contributed by atoms with Crippen LogP contribution in [0.1, 0.15) is 30.6 Å². The Bertz CT molecular complexity index is 577. The Balaban J connectivity index is 1.84. The topological polar surface area (TPSA) is 30.7 Å². The molecule has 3 rings (SSSR count). The average molecular weight is 273 g/mol. The molecule has 0 amide bonds. The van der Waals surface area contributed by atoms with Crippen molar-refractivity contribution in [2.45, 2.75) is 37.6 Å². The van der Waals surface area contributed by atoms with Crippen molar-refractivity contribution in [1.29, 1.82) is 0 Å². The number of aryl methyl sites for hydroxylation is 1. The molecule has 1 unspecified atom stereocenters. The van der Waals surface area contributed by atoms with Crippen LogP contribution in [0.15, 0.2) is 29.2 Å². The van der Waals surface area contributed by atoms with E-state index >= 15 is 0 Å². The molecule has 0 saturated heterocycles. The Kier molecular flexibility index (Phi) is 3.60. The van der Waals surface area contributed by atoms with Gasteiger partial charge in [0.15, 0.2) is 5.82 Å². The third kappa shape index (κ3) is 2.68. The number of nitrogens with zero attached hydrogens (tertiary/aromatic N) is 3. The van der Waals surface area contributed by atoms with Crippen molar-refractivity contribution >= 4 is 11.8 Å². The van der Waals surface area contributed by atoms with E-state index in [9.17, 15) is 0 Å². The van der Waals surface area contributed by atoms with Gasteiger partial charge < -0.3 is 0 Å². The van der Waals surface area contributed by atoms with E-state index < -0.39 is 0 Å². The van der Waals surface area contributed by atoms with Gasteiger partial charge in [-0.15, -0.1) is 11.8 Å². The predicted molar refractivity (Wildman–Crippen MR) is 78.5 cm³/mol. The highest BCUT2D eigenvalue weighted by Gasteiger charge is 2.19. The van der Waals surface area contributed by atoms with Crippen LogP contribution in [-0.4, -0.2) is 21.0 Å². The third-order valence-corrected chi connectivity index (χ3v) is 4.54. The molecule has 1 aromatic carbocycles. The highest BCUT2D eigenvalue weighted by atomic mass is 32.2. The van der Waals surface area contributed by atoms with E-state index in [0.29, 0.717) is 0 Å². The first-order valence-electron chi connectivity index (χ1n) is 6.80. The van der Waals surface area contributed by atoms with Crippen molar-refractivity contribution < 1.29 is 0 Å². The lowest BCUT2D eigenvalue weighted by molar-refractivity contribution is 0.385. The number of hydrogen-bond donors (Lipinski definition) is 0. The molecule has 2 heterocycles. The quantitative estimate of drug-likeness (QED) is 0.805. The predicted octanol–water partition coefficient (Wildman–Crippen LogP) is 3.17. The number of thioether (sulfide) groups is 1. The summed E-state index contributed by atoms with van der Waals surface area (Å²) in [6, 6.07) is 8.52. The van der Waals surface area contributed by atoms with E-state index in [4.69, 9.17) is 4.98 Å². The Morgan fingerprint density at radius 3 is 3.05 bits per heavy atom. The number of rotatable bonds is 3. The molecule has 0 bridgehead atoms. The Morgan fingerprint density at radius 1 is 1.37 bits per heavy atom. The molecule has 2 aromatic rings. The van der Waals surface area contributed by atoms with E-state index in [1.807, 2.05) is 0 Å².